The molecule has 4 rings (SSSR count). The van der Waals surface area contributed by atoms with Crippen LogP contribution in [0.5, 0.6) is 5.75 Å². The van der Waals surface area contributed by atoms with Gasteiger partial charge in [0.05, 0.1) is 12.1 Å². The minimum absolute atomic E-state index is 0.214. The van der Waals surface area contributed by atoms with Gasteiger partial charge >= 0.3 is 0 Å². The first-order valence-corrected chi connectivity index (χ1v) is 7.49. The third-order valence-corrected chi connectivity index (χ3v) is 3.79. The zero-order valence-corrected chi connectivity index (χ0v) is 13.0. The van der Waals surface area contributed by atoms with E-state index >= 15 is 0 Å². The Balaban J connectivity index is 1.86. The van der Waals surface area contributed by atoms with Gasteiger partial charge in [-0.2, -0.15) is 5.10 Å². The largest absolute Gasteiger partial charge is 0.491 e. The smallest absolute Gasteiger partial charge is 0.178 e. The van der Waals surface area contributed by atoms with Crippen LogP contribution in [0.2, 0.25) is 0 Å². The first-order valence-electron chi connectivity index (χ1n) is 7.49. The molecule has 8 nitrogen and oxygen atoms in total. The summed E-state index contributed by atoms with van der Waals surface area (Å²) in [7, 11) is 0. The number of hydrogen-bond donors (Lipinski definition) is 1. The molecule has 118 valence electrons. The van der Waals surface area contributed by atoms with E-state index in [1.54, 1.807) is 18.6 Å². The maximum Gasteiger partial charge on any atom is 0.178 e. The molecule has 4 heterocycles. The normalized spacial score (nSPS) is 13.3. The van der Waals surface area contributed by atoms with Gasteiger partial charge in [-0.25, -0.2) is 19.6 Å². The average Bonchev–Trinajstić information content (AvgIpc) is 3.11. The molecule has 0 amide bonds. The van der Waals surface area contributed by atoms with Crippen molar-refractivity contribution in [1.29, 1.82) is 0 Å². The Hall–Kier alpha value is -2.90. The summed E-state index contributed by atoms with van der Waals surface area (Å²) in [6.45, 7) is 5.38. The van der Waals surface area contributed by atoms with Crippen molar-refractivity contribution < 1.29 is 4.74 Å². The molecule has 0 fully saturated rings. The van der Waals surface area contributed by atoms with Crippen LogP contribution in [-0.2, 0) is 6.54 Å². The summed E-state index contributed by atoms with van der Waals surface area (Å²) < 4.78 is 9.66. The number of rotatable bonds is 2. The third kappa shape index (κ3) is 2.23. The average molecular weight is 311 g/mol. The van der Waals surface area contributed by atoms with Gasteiger partial charge in [-0.05, 0) is 13.8 Å². The highest BCUT2D eigenvalue weighted by atomic mass is 16.5. The molecular formula is C15H17N7O. The standard InChI is InChI=1S/C15H17N7O/c1-9(2)22-15(18-8-19-22)11-7-21-3-4-23-12-5-13(16)17-6-10(12)14(21)20-11/h5-9H,3-4H2,1-2H3,(H2,16,17). The zero-order chi connectivity index (χ0) is 16.0. The van der Waals surface area contributed by atoms with Crippen LogP contribution < -0.4 is 10.5 Å². The lowest BCUT2D eigenvalue weighted by Crippen LogP contribution is -2.06. The zero-order valence-electron chi connectivity index (χ0n) is 13.0. The van der Waals surface area contributed by atoms with Crippen molar-refractivity contribution in [3.63, 3.8) is 0 Å². The second-order valence-corrected chi connectivity index (χ2v) is 5.72. The maximum absolute atomic E-state index is 5.75. The lowest BCUT2D eigenvalue weighted by molar-refractivity contribution is 0.306. The summed E-state index contributed by atoms with van der Waals surface area (Å²) in [6.07, 6.45) is 5.23. The molecule has 0 radical (unpaired) electrons. The molecule has 0 unspecified atom stereocenters. The fourth-order valence-corrected chi connectivity index (χ4v) is 2.71. The molecular weight excluding hydrogens is 294 g/mol. The van der Waals surface area contributed by atoms with E-state index in [0.717, 1.165) is 22.9 Å². The summed E-state index contributed by atoms with van der Waals surface area (Å²) in [5.41, 5.74) is 7.37. The Morgan fingerprint density at radius 3 is 2.96 bits per heavy atom. The summed E-state index contributed by atoms with van der Waals surface area (Å²) in [5.74, 6) is 2.70. The minimum atomic E-state index is 0.214. The maximum atomic E-state index is 5.75. The number of pyridine rings is 1. The molecule has 0 spiro atoms. The molecule has 0 aliphatic carbocycles. The van der Waals surface area contributed by atoms with E-state index in [9.17, 15) is 0 Å². The van der Waals surface area contributed by atoms with Gasteiger partial charge < -0.3 is 15.0 Å². The molecule has 3 aromatic rings. The van der Waals surface area contributed by atoms with Crippen molar-refractivity contribution in [2.75, 3.05) is 12.3 Å². The molecule has 2 N–H and O–H groups in total. The lowest BCUT2D eigenvalue weighted by Gasteiger charge is -2.07. The number of imidazole rings is 1. The highest BCUT2D eigenvalue weighted by Crippen LogP contribution is 2.33. The van der Waals surface area contributed by atoms with E-state index < -0.39 is 0 Å². The molecule has 3 aromatic heterocycles. The molecule has 23 heavy (non-hydrogen) atoms. The van der Waals surface area contributed by atoms with Crippen molar-refractivity contribution >= 4 is 5.82 Å². The number of ether oxygens (including phenoxy) is 1. The van der Waals surface area contributed by atoms with E-state index in [1.165, 1.54) is 0 Å². The van der Waals surface area contributed by atoms with Crippen molar-refractivity contribution in [2.45, 2.75) is 26.4 Å². The SMILES string of the molecule is CC(C)n1ncnc1-c1cn2c(n1)-c1cnc(N)cc1OCC2. The number of nitrogens with two attached hydrogens (primary N) is 1. The first-order chi connectivity index (χ1) is 11.1. The van der Waals surface area contributed by atoms with Gasteiger partial charge in [0, 0.05) is 24.5 Å². The molecule has 1 aliphatic rings. The highest BCUT2D eigenvalue weighted by molar-refractivity contribution is 5.68. The summed E-state index contributed by atoms with van der Waals surface area (Å²) in [6, 6.07) is 1.95. The van der Waals surface area contributed by atoms with E-state index in [0.29, 0.717) is 24.7 Å². The van der Waals surface area contributed by atoms with Crippen LogP contribution in [0, 0.1) is 0 Å². The Kier molecular flexibility index (Phi) is 3.03. The topological polar surface area (TPSA) is 96.7 Å². The van der Waals surface area contributed by atoms with Crippen molar-refractivity contribution in [3.8, 4) is 28.7 Å². The quantitative estimate of drug-likeness (QED) is 0.774. The number of nitrogen functional groups attached to an aromatic ring is 1. The lowest BCUT2D eigenvalue weighted by atomic mass is 10.2. The Morgan fingerprint density at radius 2 is 2.13 bits per heavy atom. The molecule has 8 heteroatoms. The van der Waals surface area contributed by atoms with Crippen LogP contribution in [0.25, 0.3) is 22.9 Å². The van der Waals surface area contributed by atoms with Gasteiger partial charge in [0.25, 0.3) is 0 Å². The number of aromatic nitrogens is 6. The van der Waals surface area contributed by atoms with E-state index in [2.05, 4.69) is 33.5 Å². The third-order valence-electron chi connectivity index (χ3n) is 3.79. The van der Waals surface area contributed by atoms with Crippen LogP contribution >= 0.6 is 0 Å². The van der Waals surface area contributed by atoms with Gasteiger partial charge in [0.2, 0.25) is 0 Å². The van der Waals surface area contributed by atoms with Gasteiger partial charge in [0.15, 0.2) is 5.82 Å². The fraction of sp³-hybridized carbons (Fsp3) is 0.333. The van der Waals surface area contributed by atoms with Crippen molar-refractivity contribution in [3.05, 3.63) is 24.8 Å². The number of hydrogen-bond acceptors (Lipinski definition) is 6. The predicted molar refractivity (Wildman–Crippen MR) is 84.8 cm³/mol. The van der Waals surface area contributed by atoms with Crippen LogP contribution in [0.4, 0.5) is 5.82 Å². The monoisotopic (exact) mass is 311 g/mol. The fourth-order valence-electron chi connectivity index (χ4n) is 2.71. The Bertz CT molecular complexity index is 865. The second-order valence-electron chi connectivity index (χ2n) is 5.72. The molecule has 0 atom stereocenters. The van der Waals surface area contributed by atoms with E-state index in [1.807, 2.05) is 10.9 Å². The second kappa shape index (κ2) is 5.08. The summed E-state index contributed by atoms with van der Waals surface area (Å²) in [5, 5.41) is 4.28. The molecule has 0 bridgehead atoms. The summed E-state index contributed by atoms with van der Waals surface area (Å²) >= 11 is 0. The van der Waals surface area contributed by atoms with E-state index in [4.69, 9.17) is 15.5 Å². The number of fused-ring (bicyclic) bond motifs is 3. The Labute approximate surface area is 133 Å². The Morgan fingerprint density at radius 1 is 1.26 bits per heavy atom. The van der Waals surface area contributed by atoms with Crippen LogP contribution in [0.3, 0.4) is 0 Å². The molecule has 0 saturated heterocycles. The molecule has 1 aliphatic heterocycles. The van der Waals surface area contributed by atoms with Crippen LogP contribution in [0.15, 0.2) is 24.8 Å². The van der Waals surface area contributed by atoms with Crippen molar-refractivity contribution in [1.82, 2.24) is 29.3 Å². The van der Waals surface area contributed by atoms with Crippen LogP contribution in [-0.4, -0.2) is 35.9 Å². The predicted octanol–water partition coefficient (Wildman–Crippen LogP) is 1.76. The van der Waals surface area contributed by atoms with Gasteiger partial charge in [-0.15, -0.1) is 0 Å². The molecule has 0 saturated carbocycles. The highest BCUT2D eigenvalue weighted by Gasteiger charge is 2.22. The van der Waals surface area contributed by atoms with Gasteiger partial charge in [0.1, 0.15) is 36.0 Å². The minimum Gasteiger partial charge on any atom is -0.491 e. The first kappa shape index (κ1) is 13.7. The van der Waals surface area contributed by atoms with E-state index in [-0.39, 0.29) is 6.04 Å². The van der Waals surface area contributed by atoms with Gasteiger partial charge in [-0.3, -0.25) is 0 Å². The number of nitrogens with zero attached hydrogens (tertiary/aromatic N) is 6. The number of anilines is 1. The molecule has 0 aromatic carbocycles. The van der Waals surface area contributed by atoms with Crippen molar-refractivity contribution in [2.24, 2.45) is 0 Å². The summed E-state index contributed by atoms with van der Waals surface area (Å²) in [4.78, 5) is 13.3. The van der Waals surface area contributed by atoms with Gasteiger partial charge in [-0.1, -0.05) is 0 Å². The van der Waals surface area contributed by atoms with Crippen LogP contribution in [0.1, 0.15) is 19.9 Å².